The SMILES string of the molecule is CC1CNCc2cccc(N3CCCN(C(=O)OC(C)(C)C)CC3)c21. The molecule has 0 aliphatic carbocycles. The topological polar surface area (TPSA) is 44.8 Å². The zero-order valence-electron chi connectivity index (χ0n) is 16.0. The Morgan fingerprint density at radius 3 is 2.76 bits per heavy atom. The maximum Gasteiger partial charge on any atom is 0.410 e. The summed E-state index contributed by atoms with van der Waals surface area (Å²) in [6, 6.07) is 6.63. The van der Waals surface area contributed by atoms with Gasteiger partial charge in [0, 0.05) is 45.0 Å². The Bertz CT molecular complexity index is 624. The lowest BCUT2D eigenvalue weighted by molar-refractivity contribution is 0.0263. The molecule has 2 aliphatic rings. The van der Waals surface area contributed by atoms with E-state index in [9.17, 15) is 4.79 Å². The second-order valence-corrected chi connectivity index (χ2v) is 8.19. The zero-order valence-corrected chi connectivity index (χ0v) is 16.0. The van der Waals surface area contributed by atoms with Gasteiger partial charge in [-0.2, -0.15) is 0 Å². The molecule has 2 aliphatic heterocycles. The molecule has 1 unspecified atom stereocenters. The Morgan fingerprint density at radius 1 is 1.20 bits per heavy atom. The number of benzene rings is 1. The van der Waals surface area contributed by atoms with Crippen LogP contribution in [0.4, 0.5) is 10.5 Å². The number of nitrogens with zero attached hydrogens (tertiary/aromatic N) is 2. The summed E-state index contributed by atoms with van der Waals surface area (Å²) in [6.45, 7) is 13.3. The zero-order chi connectivity index (χ0) is 18.0. The summed E-state index contributed by atoms with van der Waals surface area (Å²) < 4.78 is 5.54. The molecule has 0 aromatic heterocycles. The van der Waals surface area contributed by atoms with Gasteiger partial charge in [0.15, 0.2) is 0 Å². The monoisotopic (exact) mass is 345 g/mol. The minimum absolute atomic E-state index is 0.193. The van der Waals surface area contributed by atoms with E-state index in [2.05, 4.69) is 35.3 Å². The Kier molecular flexibility index (Phi) is 5.23. The quantitative estimate of drug-likeness (QED) is 0.848. The lowest BCUT2D eigenvalue weighted by atomic mass is 9.90. The van der Waals surface area contributed by atoms with Crippen LogP contribution in [0.25, 0.3) is 0 Å². The van der Waals surface area contributed by atoms with Crippen molar-refractivity contribution in [1.82, 2.24) is 10.2 Å². The molecule has 1 aromatic carbocycles. The van der Waals surface area contributed by atoms with E-state index in [-0.39, 0.29) is 6.09 Å². The fourth-order valence-corrected chi connectivity index (χ4v) is 3.79. The fraction of sp³-hybridized carbons (Fsp3) is 0.650. The summed E-state index contributed by atoms with van der Waals surface area (Å²) in [5.41, 5.74) is 3.79. The van der Waals surface area contributed by atoms with Gasteiger partial charge in [-0.1, -0.05) is 19.1 Å². The highest BCUT2D eigenvalue weighted by atomic mass is 16.6. The van der Waals surface area contributed by atoms with Crippen molar-refractivity contribution in [2.24, 2.45) is 0 Å². The van der Waals surface area contributed by atoms with Crippen LogP contribution in [0.1, 0.15) is 51.2 Å². The number of fused-ring (bicyclic) bond motifs is 1. The molecule has 1 saturated heterocycles. The third-order valence-electron chi connectivity index (χ3n) is 4.92. The van der Waals surface area contributed by atoms with Crippen LogP contribution in [0, 0.1) is 0 Å². The van der Waals surface area contributed by atoms with Gasteiger partial charge in [0.05, 0.1) is 0 Å². The van der Waals surface area contributed by atoms with E-state index in [1.807, 2.05) is 25.7 Å². The number of ether oxygens (including phenoxy) is 1. The first kappa shape index (κ1) is 18.1. The third kappa shape index (κ3) is 4.27. The van der Waals surface area contributed by atoms with Crippen molar-refractivity contribution in [3.63, 3.8) is 0 Å². The molecule has 5 heteroatoms. The van der Waals surface area contributed by atoms with Crippen molar-refractivity contribution in [3.05, 3.63) is 29.3 Å². The molecule has 2 heterocycles. The van der Waals surface area contributed by atoms with Gasteiger partial charge in [-0.05, 0) is 50.3 Å². The van der Waals surface area contributed by atoms with Crippen molar-refractivity contribution < 1.29 is 9.53 Å². The number of carbonyl (C=O) groups is 1. The van der Waals surface area contributed by atoms with Gasteiger partial charge >= 0.3 is 6.09 Å². The predicted octanol–water partition coefficient (Wildman–Crippen LogP) is 3.34. The molecule has 25 heavy (non-hydrogen) atoms. The molecule has 0 bridgehead atoms. The lowest BCUT2D eigenvalue weighted by Crippen LogP contribution is -2.39. The van der Waals surface area contributed by atoms with E-state index in [0.717, 1.165) is 39.1 Å². The average Bonchev–Trinajstić information content (AvgIpc) is 2.79. The van der Waals surface area contributed by atoms with Crippen molar-refractivity contribution in [2.75, 3.05) is 37.6 Å². The van der Waals surface area contributed by atoms with E-state index in [0.29, 0.717) is 12.5 Å². The highest BCUT2D eigenvalue weighted by Gasteiger charge is 2.27. The first-order chi connectivity index (χ1) is 11.8. The first-order valence-corrected chi connectivity index (χ1v) is 9.40. The number of hydrogen-bond acceptors (Lipinski definition) is 4. The normalized spacial score (nSPS) is 21.5. The summed E-state index contributed by atoms with van der Waals surface area (Å²) >= 11 is 0. The maximum atomic E-state index is 12.4. The number of rotatable bonds is 1. The van der Waals surface area contributed by atoms with E-state index < -0.39 is 5.60 Å². The Labute approximate surface area is 151 Å². The average molecular weight is 345 g/mol. The van der Waals surface area contributed by atoms with Gasteiger partial charge in [-0.3, -0.25) is 0 Å². The number of nitrogens with one attached hydrogen (secondary N) is 1. The second-order valence-electron chi connectivity index (χ2n) is 8.19. The molecule has 3 rings (SSSR count). The molecule has 1 aromatic rings. The molecule has 1 amide bonds. The van der Waals surface area contributed by atoms with E-state index in [1.54, 1.807) is 0 Å². The van der Waals surface area contributed by atoms with Crippen LogP contribution in [0.3, 0.4) is 0 Å². The molecule has 1 atom stereocenters. The van der Waals surface area contributed by atoms with E-state index in [4.69, 9.17) is 4.74 Å². The maximum absolute atomic E-state index is 12.4. The minimum Gasteiger partial charge on any atom is -0.444 e. The Hall–Kier alpha value is -1.75. The van der Waals surface area contributed by atoms with Crippen LogP contribution in [0.15, 0.2) is 18.2 Å². The summed E-state index contributed by atoms with van der Waals surface area (Å²) in [4.78, 5) is 16.7. The van der Waals surface area contributed by atoms with E-state index >= 15 is 0 Å². The predicted molar refractivity (Wildman–Crippen MR) is 101 cm³/mol. The van der Waals surface area contributed by atoms with E-state index in [1.165, 1.54) is 16.8 Å². The summed E-state index contributed by atoms with van der Waals surface area (Å²) in [5, 5.41) is 3.49. The fourth-order valence-electron chi connectivity index (χ4n) is 3.79. The van der Waals surface area contributed by atoms with Gasteiger partial charge in [0.25, 0.3) is 0 Å². The minimum atomic E-state index is -0.440. The number of amides is 1. The van der Waals surface area contributed by atoms with Crippen LogP contribution in [-0.2, 0) is 11.3 Å². The number of hydrogen-bond donors (Lipinski definition) is 1. The van der Waals surface area contributed by atoms with Crippen LogP contribution < -0.4 is 10.2 Å². The summed E-state index contributed by atoms with van der Waals surface area (Å²) in [6.07, 6.45) is 0.775. The van der Waals surface area contributed by atoms with Crippen LogP contribution >= 0.6 is 0 Å². The molecule has 1 fully saturated rings. The largest absolute Gasteiger partial charge is 0.444 e. The molecule has 0 radical (unpaired) electrons. The van der Waals surface area contributed by atoms with Crippen molar-refractivity contribution in [3.8, 4) is 0 Å². The highest BCUT2D eigenvalue weighted by Crippen LogP contribution is 2.33. The first-order valence-electron chi connectivity index (χ1n) is 9.40. The molecular weight excluding hydrogens is 314 g/mol. The van der Waals surface area contributed by atoms with Gasteiger partial charge in [0.2, 0.25) is 0 Å². The Morgan fingerprint density at radius 2 is 2.00 bits per heavy atom. The second kappa shape index (κ2) is 7.24. The van der Waals surface area contributed by atoms with Crippen molar-refractivity contribution >= 4 is 11.8 Å². The molecule has 1 N–H and O–H groups in total. The molecule has 5 nitrogen and oxygen atoms in total. The summed E-state index contributed by atoms with van der Waals surface area (Å²) in [7, 11) is 0. The van der Waals surface area contributed by atoms with Gasteiger partial charge in [-0.15, -0.1) is 0 Å². The smallest absolute Gasteiger partial charge is 0.410 e. The molecule has 0 spiro atoms. The molecule has 0 saturated carbocycles. The molecule has 138 valence electrons. The highest BCUT2D eigenvalue weighted by molar-refractivity contribution is 5.68. The van der Waals surface area contributed by atoms with Gasteiger partial charge < -0.3 is 19.9 Å². The summed E-state index contributed by atoms with van der Waals surface area (Å²) in [5.74, 6) is 0.519. The van der Waals surface area contributed by atoms with Crippen LogP contribution in [-0.4, -0.2) is 49.3 Å². The van der Waals surface area contributed by atoms with Gasteiger partial charge in [0.1, 0.15) is 5.60 Å². The Balaban J connectivity index is 1.73. The van der Waals surface area contributed by atoms with Crippen molar-refractivity contribution in [2.45, 2.75) is 52.2 Å². The third-order valence-corrected chi connectivity index (χ3v) is 4.92. The van der Waals surface area contributed by atoms with Gasteiger partial charge in [-0.25, -0.2) is 4.79 Å². The lowest BCUT2D eigenvalue weighted by Gasteiger charge is -2.32. The van der Waals surface area contributed by atoms with Crippen LogP contribution in [0.5, 0.6) is 0 Å². The molecular formula is C20H31N3O2. The van der Waals surface area contributed by atoms with Crippen molar-refractivity contribution in [1.29, 1.82) is 0 Å². The van der Waals surface area contributed by atoms with Crippen LogP contribution in [0.2, 0.25) is 0 Å². The number of carbonyl (C=O) groups excluding carboxylic acids is 1. The number of anilines is 1. The standard InChI is InChI=1S/C20H31N3O2/c1-15-13-21-14-16-7-5-8-17(18(15)16)22-9-6-10-23(12-11-22)19(24)25-20(2,3)4/h5,7-8,15,21H,6,9-14H2,1-4H3.